The maximum Gasteiger partial charge on any atom is 0.277 e. The highest BCUT2D eigenvalue weighted by molar-refractivity contribution is 6.30. The zero-order chi connectivity index (χ0) is 20.0. The van der Waals surface area contributed by atoms with E-state index >= 15 is 0 Å². The van der Waals surface area contributed by atoms with Gasteiger partial charge in [0.1, 0.15) is 11.5 Å². The Hall–Kier alpha value is -2.53. The van der Waals surface area contributed by atoms with Gasteiger partial charge < -0.3 is 9.84 Å². The van der Waals surface area contributed by atoms with E-state index in [1.165, 1.54) is 0 Å². The summed E-state index contributed by atoms with van der Waals surface area (Å²) in [7, 11) is 0. The van der Waals surface area contributed by atoms with Gasteiger partial charge in [-0.05, 0) is 64.9 Å². The fourth-order valence-electron chi connectivity index (χ4n) is 2.55. The summed E-state index contributed by atoms with van der Waals surface area (Å²) < 4.78 is 5.36. The SMILES string of the molecule is CC(C)c1cc(/C=N\NC(=O)COc2ccc(Cl)cc2)cc(C(C)C)c1O. The second-order valence-corrected chi connectivity index (χ2v) is 7.33. The van der Waals surface area contributed by atoms with Crippen LogP contribution >= 0.6 is 11.6 Å². The van der Waals surface area contributed by atoms with E-state index in [4.69, 9.17) is 16.3 Å². The van der Waals surface area contributed by atoms with Crippen LogP contribution in [-0.4, -0.2) is 23.8 Å². The number of ether oxygens (including phenoxy) is 1. The van der Waals surface area contributed by atoms with Crippen molar-refractivity contribution in [3.8, 4) is 11.5 Å². The van der Waals surface area contributed by atoms with Crippen LogP contribution in [0.4, 0.5) is 0 Å². The standard InChI is InChI=1S/C21H25ClN2O3/c1-13(2)18-9-15(10-19(14(3)4)21(18)26)11-23-24-20(25)12-27-17-7-5-16(22)6-8-17/h5-11,13-14,26H,12H2,1-4H3,(H,24,25)/b23-11-. The molecule has 0 fully saturated rings. The first-order valence-corrected chi connectivity index (χ1v) is 9.22. The van der Waals surface area contributed by atoms with Crippen LogP contribution in [0.25, 0.3) is 0 Å². The van der Waals surface area contributed by atoms with Crippen LogP contribution in [0.5, 0.6) is 11.5 Å². The number of rotatable bonds is 7. The predicted molar refractivity (Wildman–Crippen MR) is 109 cm³/mol. The minimum Gasteiger partial charge on any atom is -0.507 e. The van der Waals surface area contributed by atoms with Gasteiger partial charge in [-0.25, -0.2) is 5.43 Å². The number of carbonyl (C=O) groups excluding carboxylic acids is 1. The monoisotopic (exact) mass is 388 g/mol. The zero-order valence-corrected chi connectivity index (χ0v) is 16.7. The summed E-state index contributed by atoms with van der Waals surface area (Å²) >= 11 is 5.80. The largest absolute Gasteiger partial charge is 0.507 e. The van der Waals surface area contributed by atoms with E-state index in [0.717, 1.165) is 16.7 Å². The van der Waals surface area contributed by atoms with Gasteiger partial charge in [0, 0.05) is 5.02 Å². The molecule has 0 atom stereocenters. The highest BCUT2D eigenvalue weighted by Crippen LogP contribution is 2.34. The lowest BCUT2D eigenvalue weighted by atomic mass is 9.92. The molecular formula is C21H25ClN2O3. The lowest BCUT2D eigenvalue weighted by Gasteiger charge is -2.16. The Morgan fingerprint density at radius 3 is 2.22 bits per heavy atom. The number of phenols is 1. The van der Waals surface area contributed by atoms with Gasteiger partial charge in [0.25, 0.3) is 5.91 Å². The van der Waals surface area contributed by atoms with E-state index < -0.39 is 0 Å². The van der Waals surface area contributed by atoms with Crippen LogP contribution in [-0.2, 0) is 4.79 Å². The summed E-state index contributed by atoms with van der Waals surface area (Å²) in [5.41, 5.74) is 4.98. The molecule has 0 saturated heterocycles. The number of benzene rings is 2. The molecule has 1 amide bonds. The van der Waals surface area contributed by atoms with Crippen LogP contribution in [0.2, 0.25) is 5.02 Å². The fraction of sp³-hybridized carbons (Fsp3) is 0.333. The summed E-state index contributed by atoms with van der Waals surface area (Å²) in [5, 5.41) is 15.0. The van der Waals surface area contributed by atoms with Gasteiger partial charge in [-0.3, -0.25) is 4.79 Å². The van der Waals surface area contributed by atoms with Crippen molar-refractivity contribution in [3.63, 3.8) is 0 Å². The van der Waals surface area contributed by atoms with Gasteiger partial charge in [0.15, 0.2) is 6.61 Å². The Morgan fingerprint density at radius 1 is 1.15 bits per heavy atom. The Morgan fingerprint density at radius 2 is 1.70 bits per heavy atom. The molecule has 0 aliphatic carbocycles. The quantitative estimate of drug-likeness (QED) is 0.527. The molecule has 0 bridgehead atoms. The lowest BCUT2D eigenvalue weighted by molar-refractivity contribution is -0.123. The van der Waals surface area contributed by atoms with Crippen LogP contribution in [0.1, 0.15) is 56.2 Å². The Labute approximate surface area is 165 Å². The summed E-state index contributed by atoms with van der Waals surface area (Å²) in [5.74, 6) is 0.877. The second kappa shape index (κ2) is 9.42. The van der Waals surface area contributed by atoms with E-state index in [1.54, 1.807) is 30.5 Å². The van der Waals surface area contributed by atoms with Crippen molar-refractivity contribution in [3.05, 3.63) is 58.1 Å². The third kappa shape index (κ3) is 6.00. The first-order chi connectivity index (χ1) is 12.8. The lowest BCUT2D eigenvalue weighted by Crippen LogP contribution is -2.24. The second-order valence-electron chi connectivity index (χ2n) is 6.89. The molecule has 0 heterocycles. The van der Waals surface area contributed by atoms with Gasteiger partial charge in [-0.15, -0.1) is 0 Å². The highest BCUT2D eigenvalue weighted by Gasteiger charge is 2.14. The average Bonchev–Trinajstić information content (AvgIpc) is 2.62. The molecule has 2 rings (SSSR count). The number of amides is 1. The Bertz CT molecular complexity index is 786. The molecule has 0 aliphatic rings. The molecule has 0 aromatic heterocycles. The summed E-state index contributed by atoms with van der Waals surface area (Å²) in [4.78, 5) is 11.9. The van der Waals surface area contributed by atoms with Gasteiger partial charge in [0.2, 0.25) is 0 Å². The molecule has 2 aromatic rings. The van der Waals surface area contributed by atoms with E-state index in [0.29, 0.717) is 16.5 Å². The van der Waals surface area contributed by atoms with Gasteiger partial charge in [0.05, 0.1) is 6.21 Å². The number of carbonyl (C=O) groups is 1. The first kappa shape index (κ1) is 20.8. The van der Waals surface area contributed by atoms with Crippen molar-refractivity contribution in [1.82, 2.24) is 5.43 Å². The molecule has 0 unspecified atom stereocenters. The summed E-state index contributed by atoms with van der Waals surface area (Å²) in [6, 6.07) is 10.5. The number of halogens is 1. The van der Waals surface area contributed by atoms with E-state index in [1.807, 2.05) is 39.8 Å². The van der Waals surface area contributed by atoms with E-state index in [-0.39, 0.29) is 24.3 Å². The topological polar surface area (TPSA) is 70.9 Å². The molecule has 2 N–H and O–H groups in total. The molecule has 5 nitrogen and oxygen atoms in total. The number of hydrogen-bond donors (Lipinski definition) is 2. The molecule has 0 radical (unpaired) electrons. The Balaban J connectivity index is 2.00. The van der Waals surface area contributed by atoms with E-state index in [9.17, 15) is 9.90 Å². The highest BCUT2D eigenvalue weighted by atomic mass is 35.5. The smallest absolute Gasteiger partial charge is 0.277 e. The number of hydrogen-bond acceptors (Lipinski definition) is 4. The number of phenolic OH excluding ortho intramolecular Hbond substituents is 1. The van der Waals surface area contributed by atoms with Crippen molar-refractivity contribution in [2.45, 2.75) is 39.5 Å². The van der Waals surface area contributed by atoms with Crippen molar-refractivity contribution >= 4 is 23.7 Å². The number of aromatic hydroxyl groups is 1. The normalized spacial score (nSPS) is 11.4. The predicted octanol–water partition coefficient (Wildman–Crippen LogP) is 4.82. The number of hydrazone groups is 1. The average molecular weight is 389 g/mol. The van der Waals surface area contributed by atoms with Crippen LogP contribution < -0.4 is 10.2 Å². The van der Waals surface area contributed by atoms with Crippen LogP contribution in [0.3, 0.4) is 0 Å². The van der Waals surface area contributed by atoms with Gasteiger partial charge in [-0.2, -0.15) is 5.10 Å². The van der Waals surface area contributed by atoms with E-state index in [2.05, 4.69) is 10.5 Å². The number of nitrogens with one attached hydrogen (secondary N) is 1. The molecule has 6 heteroatoms. The summed E-state index contributed by atoms with van der Waals surface area (Å²) in [6.45, 7) is 7.95. The maximum absolute atomic E-state index is 11.9. The minimum absolute atomic E-state index is 0.150. The molecule has 27 heavy (non-hydrogen) atoms. The molecule has 2 aromatic carbocycles. The van der Waals surface area contributed by atoms with Crippen molar-refractivity contribution in [2.24, 2.45) is 5.10 Å². The van der Waals surface area contributed by atoms with Gasteiger partial charge in [-0.1, -0.05) is 39.3 Å². The summed E-state index contributed by atoms with van der Waals surface area (Å²) in [6.07, 6.45) is 1.57. The van der Waals surface area contributed by atoms with Crippen molar-refractivity contribution in [1.29, 1.82) is 0 Å². The fourth-order valence-corrected chi connectivity index (χ4v) is 2.68. The molecule has 144 valence electrons. The van der Waals surface area contributed by atoms with Crippen LogP contribution in [0, 0.1) is 0 Å². The number of nitrogens with zero attached hydrogens (tertiary/aromatic N) is 1. The Kier molecular flexibility index (Phi) is 7.25. The maximum atomic E-state index is 11.9. The third-order valence-corrected chi connectivity index (χ3v) is 4.27. The molecule has 0 saturated carbocycles. The van der Waals surface area contributed by atoms with Gasteiger partial charge >= 0.3 is 0 Å². The molecule has 0 spiro atoms. The zero-order valence-electron chi connectivity index (χ0n) is 16.0. The van der Waals surface area contributed by atoms with Crippen molar-refractivity contribution < 1.29 is 14.6 Å². The first-order valence-electron chi connectivity index (χ1n) is 8.85. The molecule has 0 aliphatic heterocycles. The van der Waals surface area contributed by atoms with Crippen LogP contribution in [0.15, 0.2) is 41.5 Å². The van der Waals surface area contributed by atoms with Crippen molar-refractivity contribution in [2.75, 3.05) is 6.61 Å². The minimum atomic E-state index is -0.367. The third-order valence-electron chi connectivity index (χ3n) is 4.02. The molecular weight excluding hydrogens is 364 g/mol.